The van der Waals surface area contributed by atoms with Crippen LogP contribution in [0.5, 0.6) is 0 Å². The predicted octanol–water partition coefficient (Wildman–Crippen LogP) is 2.83. The van der Waals surface area contributed by atoms with E-state index in [1.54, 1.807) is 13.8 Å². The van der Waals surface area contributed by atoms with Gasteiger partial charge in [0.1, 0.15) is 0 Å². The van der Waals surface area contributed by atoms with E-state index < -0.39 is 0 Å². The second-order valence-corrected chi connectivity index (χ2v) is 6.47. The molecule has 0 aromatic heterocycles. The second kappa shape index (κ2) is 5.41. The molecule has 0 unspecified atom stereocenters. The third-order valence-electron chi connectivity index (χ3n) is 4.79. The SMILES string of the molecule is CC(C)C(=O)C(=O)NC1CCC2(CCCC2)CC1. The molecule has 0 heterocycles. The molecule has 2 rings (SSSR count). The molecule has 1 amide bonds. The number of carbonyl (C=O) groups excluding carboxylic acids is 2. The fourth-order valence-electron chi connectivity index (χ4n) is 3.52. The zero-order chi connectivity index (χ0) is 13.2. The average molecular weight is 251 g/mol. The number of hydrogen-bond donors (Lipinski definition) is 1. The summed E-state index contributed by atoms with van der Waals surface area (Å²) in [6, 6.07) is 0.228. The van der Waals surface area contributed by atoms with Crippen molar-refractivity contribution in [3.05, 3.63) is 0 Å². The molecule has 0 aliphatic heterocycles. The van der Waals surface area contributed by atoms with Crippen LogP contribution in [0, 0.1) is 11.3 Å². The molecule has 102 valence electrons. The molecule has 0 aromatic carbocycles. The van der Waals surface area contributed by atoms with Crippen LogP contribution >= 0.6 is 0 Å². The lowest BCUT2D eigenvalue weighted by atomic mass is 9.71. The lowest BCUT2D eigenvalue weighted by molar-refractivity contribution is -0.140. The van der Waals surface area contributed by atoms with Gasteiger partial charge in [0.25, 0.3) is 5.91 Å². The third kappa shape index (κ3) is 2.93. The van der Waals surface area contributed by atoms with Gasteiger partial charge in [-0.25, -0.2) is 0 Å². The number of hydrogen-bond acceptors (Lipinski definition) is 2. The smallest absolute Gasteiger partial charge is 0.287 e. The van der Waals surface area contributed by atoms with Crippen molar-refractivity contribution in [3.63, 3.8) is 0 Å². The van der Waals surface area contributed by atoms with Crippen LogP contribution in [-0.4, -0.2) is 17.7 Å². The van der Waals surface area contributed by atoms with Crippen LogP contribution in [0.4, 0.5) is 0 Å². The summed E-state index contributed by atoms with van der Waals surface area (Å²) in [7, 11) is 0. The molecule has 18 heavy (non-hydrogen) atoms. The Hall–Kier alpha value is -0.860. The van der Waals surface area contributed by atoms with E-state index in [0.29, 0.717) is 5.41 Å². The highest BCUT2D eigenvalue weighted by Gasteiger charge is 2.38. The maximum Gasteiger partial charge on any atom is 0.287 e. The summed E-state index contributed by atoms with van der Waals surface area (Å²) in [6.07, 6.45) is 10.1. The number of rotatable bonds is 3. The number of amides is 1. The molecule has 0 atom stereocenters. The van der Waals surface area contributed by atoms with Crippen molar-refractivity contribution in [2.24, 2.45) is 11.3 Å². The summed E-state index contributed by atoms with van der Waals surface area (Å²) in [4.78, 5) is 23.3. The van der Waals surface area contributed by atoms with Gasteiger partial charge in [-0.05, 0) is 43.9 Å². The van der Waals surface area contributed by atoms with Gasteiger partial charge >= 0.3 is 0 Å². The lowest BCUT2D eigenvalue weighted by Crippen LogP contribution is -2.43. The Morgan fingerprint density at radius 3 is 2.11 bits per heavy atom. The Bertz CT molecular complexity index is 319. The van der Waals surface area contributed by atoms with E-state index >= 15 is 0 Å². The topological polar surface area (TPSA) is 46.2 Å². The van der Waals surface area contributed by atoms with Gasteiger partial charge in [0, 0.05) is 12.0 Å². The van der Waals surface area contributed by atoms with Crippen molar-refractivity contribution in [1.82, 2.24) is 5.32 Å². The van der Waals surface area contributed by atoms with Crippen LogP contribution in [0.2, 0.25) is 0 Å². The molecule has 0 bridgehead atoms. The molecule has 0 saturated heterocycles. The van der Waals surface area contributed by atoms with Crippen LogP contribution in [0.1, 0.15) is 65.2 Å². The zero-order valence-corrected chi connectivity index (χ0v) is 11.6. The fraction of sp³-hybridized carbons (Fsp3) is 0.867. The largest absolute Gasteiger partial charge is 0.347 e. The first-order chi connectivity index (χ1) is 8.52. The Kier molecular flexibility index (Phi) is 4.08. The van der Waals surface area contributed by atoms with Crippen LogP contribution in [0.25, 0.3) is 0 Å². The van der Waals surface area contributed by atoms with Crippen molar-refractivity contribution >= 4 is 11.7 Å². The van der Waals surface area contributed by atoms with E-state index in [9.17, 15) is 9.59 Å². The molecule has 2 saturated carbocycles. The van der Waals surface area contributed by atoms with Crippen LogP contribution in [0.3, 0.4) is 0 Å². The highest BCUT2D eigenvalue weighted by atomic mass is 16.2. The number of carbonyl (C=O) groups is 2. The van der Waals surface area contributed by atoms with E-state index in [0.717, 1.165) is 12.8 Å². The Labute approximate surface area is 110 Å². The standard InChI is InChI=1S/C15H25NO2/c1-11(2)13(17)14(18)16-12-5-9-15(10-6-12)7-3-4-8-15/h11-12H,3-10H2,1-2H3,(H,16,18). The van der Waals surface area contributed by atoms with E-state index in [4.69, 9.17) is 0 Å². The molecule has 3 heteroatoms. The molecule has 2 aliphatic rings. The van der Waals surface area contributed by atoms with Gasteiger partial charge in [-0.15, -0.1) is 0 Å². The molecule has 2 fully saturated rings. The van der Waals surface area contributed by atoms with E-state index in [1.165, 1.54) is 38.5 Å². The van der Waals surface area contributed by atoms with Gasteiger partial charge in [0.15, 0.2) is 0 Å². The van der Waals surface area contributed by atoms with Crippen molar-refractivity contribution in [2.75, 3.05) is 0 Å². The summed E-state index contributed by atoms with van der Waals surface area (Å²) >= 11 is 0. The van der Waals surface area contributed by atoms with Crippen molar-refractivity contribution < 1.29 is 9.59 Å². The summed E-state index contributed by atoms with van der Waals surface area (Å²) in [5, 5.41) is 2.92. The molecule has 1 N–H and O–H groups in total. The molecule has 1 spiro atoms. The van der Waals surface area contributed by atoms with Gasteiger partial charge in [-0.2, -0.15) is 0 Å². The van der Waals surface area contributed by atoms with Crippen molar-refractivity contribution in [3.8, 4) is 0 Å². The van der Waals surface area contributed by atoms with Gasteiger partial charge in [-0.1, -0.05) is 26.7 Å². The quantitative estimate of drug-likeness (QED) is 0.784. The monoisotopic (exact) mass is 251 g/mol. The predicted molar refractivity (Wildman–Crippen MR) is 71.1 cm³/mol. The number of Topliss-reactive ketones (excluding diaryl/α,β-unsaturated/α-hetero) is 1. The summed E-state index contributed by atoms with van der Waals surface area (Å²) in [5.74, 6) is -0.858. The molecule has 3 nitrogen and oxygen atoms in total. The number of ketones is 1. The molecule has 0 aromatic rings. The second-order valence-electron chi connectivity index (χ2n) is 6.47. The highest BCUT2D eigenvalue weighted by molar-refractivity contribution is 6.36. The maximum atomic E-state index is 11.7. The summed E-state index contributed by atoms with van der Waals surface area (Å²) < 4.78 is 0. The first-order valence-electron chi connectivity index (χ1n) is 7.37. The van der Waals surface area contributed by atoms with E-state index in [-0.39, 0.29) is 23.7 Å². The van der Waals surface area contributed by atoms with Gasteiger partial charge in [0.05, 0.1) is 0 Å². The Morgan fingerprint density at radius 1 is 1.06 bits per heavy atom. The van der Waals surface area contributed by atoms with E-state index in [1.807, 2.05) is 0 Å². The van der Waals surface area contributed by atoms with Gasteiger partial charge in [-0.3, -0.25) is 9.59 Å². The fourth-order valence-corrected chi connectivity index (χ4v) is 3.52. The normalized spacial score (nSPS) is 23.5. The van der Waals surface area contributed by atoms with Gasteiger partial charge in [0.2, 0.25) is 5.78 Å². The molecular weight excluding hydrogens is 226 g/mol. The van der Waals surface area contributed by atoms with Gasteiger partial charge < -0.3 is 5.32 Å². The number of nitrogens with one attached hydrogen (secondary N) is 1. The van der Waals surface area contributed by atoms with E-state index in [2.05, 4.69) is 5.32 Å². The Morgan fingerprint density at radius 2 is 1.61 bits per heavy atom. The Balaban J connectivity index is 1.80. The zero-order valence-electron chi connectivity index (χ0n) is 11.6. The minimum atomic E-state index is -0.377. The minimum absolute atomic E-state index is 0.199. The van der Waals surface area contributed by atoms with Crippen LogP contribution in [-0.2, 0) is 9.59 Å². The minimum Gasteiger partial charge on any atom is -0.347 e. The van der Waals surface area contributed by atoms with Crippen molar-refractivity contribution in [1.29, 1.82) is 0 Å². The lowest BCUT2D eigenvalue weighted by Gasteiger charge is -2.37. The third-order valence-corrected chi connectivity index (χ3v) is 4.79. The molecule has 0 radical (unpaired) electrons. The highest BCUT2D eigenvalue weighted by Crippen LogP contribution is 2.48. The summed E-state index contributed by atoms with van der Waals surface area (Å²) in [6.45, 7) is 3.55. The van der Waals surface area contributed by atoms with Crippen molar-refractivity contribution in [2.45, 2.75) is 71.3 Å². The molecule has 2 aliphatic carbocycles. The first-order valence-corrected chi connectivity index (χ1v) is 7.37. The molecular formula is C15H25NO2. The van der Waals surface area contributed by atoms with Crippen LogP contribution in [0.15, 0.2) is 0 Å². The maximum absolute atomic E-state index is 11.7. The first kappa shape index (κ1) is 13.6. The van der Waals surface area contributed by atoms with Crippen LogP contribution < -0.4 is 5.32 Å². The summed E-state index contributed by atoms with van der Waals surface area (Å²) in [5.41, 5.74) is 0.587. The average Bonchev–Trinajstić information content (AvgIpc) is 2.80.